The first-order valence-electron chi connectivity index (χ1n) is 7.54. The van der Waals surface area contributed by atoms with Crippen molar-refractivity contribution in [1.82, 2.24) is 5.32 Å². The Hall–Kier alpha value is -1.46. The number of carbonyl (C=O) groups is 1. The molecule has 2 N–H and O–H groups in total. The van der Waals surface area contributed by atoms with E-state index < -0.39 is 11.4 Å². The summed E-state index contributed by atoms with van der Waals surface area (Å²) >= 11 is 6.19. The highest BCUT2D eigenvalue weighted by Crippen LogP contribution is 2.38. The second kappa shape index (κ2) is 7.20. The van der Waals surface area contributed by atoms with Crippen molar-refractivity contribution in [1.29, 1.82) is 0 Å². The minimum absolute atomic E-state index is 0.418. The molecule has 0 spiro atoms. The molecule has 122 valence electrons. The van der Waals surface area contributed by atoms with Gasteiger partial charge >= 0.3 is 5.97 Å². The zero-order chi connectivity index (χ0) is 16.2. The molecular weight excluding hydrogens is 306 g/mol. The van der Waals surface area contributed by atoms with Gasteiger partial charge in [-0.05, 0) is 30.5 Å². The highest BCUT2D eigenvalue weighted by molar-refractivity contribution is 6.32. The molecule has 0 saturated carbocycles. The van der Waals surface area contributed by atoms with Gasteiger partial charge in [-0.15, -0.1) is 0 Å². The second-order valence-corrected chi connectivity index (χ2v) is 5.91. The first kappa shape index (κ1) is 16.9. The maximum absolute atomic E-state index is 11.5. The highest BCUT2D eigenvalue weighted by atomic mass is 35.5. The van der Waals surface area contributed by atoms with E-state index in [0.717, 1.165) is 5.56 Å². The Kier molecular flexibility index (Phi) is 5.53. The van der Waals surface area contributed by atoms with Gasteiger partial charge in [0.1, 0.15) is 13.2 Å². The van der Waals surface area contributed by atoms with E-state index >= 15 is 0 Å². The van der Waals surface area contributed by atoms with E-state index in [2.05, 4.69) is 5.32 Å². The van der Waals surface area contributed by atoms with Gasteiger partial charge in [0.05, 0.1) is 10.4 Å². The fourth-order valence-corrected chi connectivity index (χ4v) is 2.88. The van der Waals surface area contributed by atoms with Crippen molar-refractivity contribution in [2.24, 2.45) is 5.41 Å². The average molecular weight is 328 g/mol. The molecule has 22 heavy (non-hydrogen) atoms. The predicted molar refractivity (Wildman–Crippen MR) is 84.8 cm³/mol. The number of rotatable bonds is 7. The molecule has 0 atom stereocenters. The highest BCUT2D eigenvalue weighted by Gasteiger charge is 2.34. The van der Waals surface area contributed by atoms with Crippen molar-refractivity contribution in [2.45, 2.75) is 33.2 Å². The van der Waals surface area contributed by atoms with Crippen LogP contribution >= 0.6 is 11.6 Å². The Morgan fingerprint density at radius 2 is 2.00 bits per heavy atom. The molecule has 1 aliphatic rings. The van der Waals surface area contributed by atoms with Gasteiger partial charge in [-0.2, -0.15) is 0 Å². The first-order valence-corrected chi connectivity index (χ1v) is 7.92. The first-order chi connectivity index (χ1) is 10.5. The van der Waals surface area contributed by atoms with Crippen LogP contribution < -0.4 is 14.8 Å². The molecule has 1 aromatic rings. The lowest BCUT2D eigenvalue weighted by atomic mass is 9.82. The van der Waals surface area contributed by atoms with E-state index in [1.807, 2.05) is 26.0 Å². The van der Waals surface area contributed by atoms with Crippen LogP contribution in [0.5, 0.6) is 11.5 Å². The average Bonchev–Trinajstić information content (AvgIpc) is 2.51. The molecule has 0 saturated heterocycles. The van der Waals surface area contributed by atoms with Crippen molar-refractivity contribution in [3.63, 3.8) is 0 Å². The number of carboxylic acids is 1. The Bertz CT molecular complexity index is 543. The second-order valence-electron chi connectivity index (χ2n) is 5.50. The van der Waals surface area contributed by atoms with Crippen LogP contribution in [-0.2, 0) is 11.3 Å². The van der Waals surface area contributed by atoms with E-state index in [-0.39, 0.29) is 0 Å². The number of aliphatic carboxylic acids is 1. The Balaban J connectivity index is 2.03. The molecule has 0 radical (unpaired) electrons. The number of hydrogen-bond acceptors (Lipinski definition) is 4. The third kappa shape index (κ3) is 3.47. The van der Waals surface area contributed by atoms with Gasteiger partial charge in [-0.3, -0.25) is 4.79 Å². The largest absolute Gasteiger partial charge is 0.486 e. The molecule has 0 aromatic heterocycles. The van der Waals surface area contributed by atoms with Gasteiger partial charge in [0, 0.05) is 13.1 Å². The fraction of sp³-hybridized carbons (Fsp3) is 0.562. The lowest BCUT2D eigenvalue weighted by Crippen LogP contribution is -2.40. The van der Waals surface area contributed by atoms with E-state index in [0.29, 0.717) is 55.7 Å². The van der Waals surface area contributed by atoms with E-state index in [1.165, 1.54) is 0 Å². The van der Waals surface area contributed by atoms with Crippen molar-refractivity contribution in [3.05, 3.63) is 22.7 Å². The molecule has 2 rings (SSSR count). The monoisotopic (exact) mass is 327 g/mol. The Labute approximate surface area is 135 Å². The van der Waals surface area contributed by atoms with Gasteiger partial charge in [0.15, 0.2) is 11.5 Å². The summed E-state index contributed by atoms with van der Waals surface area (Å²) in [5.74, 6) is 0.468. The van der Waals surface area contributed by atoms with Crippen LogP contribution in [0.1, 0.15) is 32.3 Å². The van der Waals surface area contributed by atoms with Crippen LogP contribution in [0.15, 0.2) is 12.1 Å². The van der Waals surface area contributed by atoms with Crippen LogP contribution in [0, 0.1) is 5.41 Å². The van der Waals surface area contributed by atoms with Gasteiger partial charge in [0.25, 0.3) is 0 Å². The smallest absolute Gasteiger partial charge is 0.310 e. The normalized spacial score (nSPS) is 14.0. The third-order valence-corrected chi connectivity index (χ3v) is 4.54. The van der Waals surface area contributed by atoms with Gasteiger partial charge < -0.3 is 19.9 Å². The molecule has 0 bridgehead atoms. The van der Waals surface area contributed by atoms with Crippen LogP contribution in [0.4, 0.5) is 0 Å². The maximum Gasteiger partial charge on any atom is 0.310 e. The summed E-state index contributed by atoms with van der Waals surface area (Å²) < 4.78 is 11.0. The van der Waals surface area contributed by atoms with E-state index in [9.17, 15) is 9.90 Å². The summed E-state index contributed by atoms with van der Waals surface area (Å²) in [6.07, 6.45) is 1.18. The summed E-state index contributed by atoms with van der Waals surface area (Å²) in [6, 6.07) is 3.70. The summed E-state index contributed by atoms with van der Waals surface area (Å²) in [6.45, 7) is 5.76. The van der Waals surface area contributed by atoms with E-state index in [4.69, 9.17) is 21.1 Å². The number of benzene rings is 1. The Morgan fingerprint density at radius 1 is 1.32 bits per heavy atom. The van der Waals surface area contributed by atoms with Crippen molar-refractivity contribution in [3.8, 4) is 11.5 Å². The molecule has 5 nitrogen and oxygen atoms in total. The minimum Gasteiger partial charge on any atom is -0.486 e. The topological polar surface area (TPSA) is 67.8 Å². The summed E-state index contributed by atoms with van der Waals surface area (Å²) in [5, 5.41) is 13.2. The van der Waals surface area contributed by atoms with Gasteiger partial charge in [-0.1, -0.05) is 25.4 Å². The molecule has 0 unspecified atom stereocenters. The van der Waals surface area contributed by atoms with E-state index in [1.54, 1.807) is 0 Å². The SMILES string of the molecule is CCC(CC)(CNCc1cc(Cl)c2c(c1)OCCO2)C(=O)O. The number of hydrogen-bond donors (Lipinski definition) is 2. The van der Waals surface area contributed by atoms with Crippen molar-refractivity contribution < 1.29 is 19.4 Å². The number of carboxylic acid groups (broad SMARTS) is 1. The third-order valence-electron chi connectivity index (χ3n) is 4.26. The predicted octanol–water partition coefficient (Wildman–Crippen LogP) is 3.09. The number of halogens is 1. The molecule has 6 heteroatoms. The molecule has 0 amide bonds. The molecule has 1 heterocycles. The van der Waals surface area contributed by atoms with Gasteiger partial charge in [-0.25, -0.2) is 0 Å². The maximum atomic E-state index is 11.5. The Morgan fingerprint density at radius 3 is 2.64 bits per heavy atom. The fourth-order valence-electron chi connectivity index (χ4n) is 2.59. The number of nitrogens with one attached hydrogen (secondary N) is 1. The summed E-state index contributed by atoms with van der Waals surface area (Å²) in [5.41, 5.74) is 0.221. The van der Waals surface area contributed by atoms with Crippen molar-refractivity contribution in [2.75, 3.05) is 19.8 Å². The molecule has 0 aliphatic carbocycles. The lowest BCUT2D eigenvalue weighted by Gasteiger charge is -2.27. The zero-order valence-corrected chi connectivity index (χ0v) is 13.7. The van der Waals surface area contributed by atoms with Crippen molar-refractivity contribution >= 4 is 17.6 Å². The number of fused-ring (bicyclic) bond motifs is 1. The standard InChI is InChI=1S/C16H22ClNO4/c1-3-16(4-2,15(19)20)10-18-9-11-7-12(17)14-13(8-11)21-5-6-22-14/h7-8,18H,3-6,9-10H2,1-2H3,(H,19,20). The molecular formula is C16H22ClNO4. The summed E-state index contributed by atoms with van der Waals surface area (Å²) in [7, 11) is 0. The minimum atomic E-state index is -0.759. The van der Waals surface area contributed by atoms with Crippen LogP contribution in [0.2, 0.25) is 5.02 Å². The lowest BCUT2D eigenvalue weighted by molar-refractivity contribution is -0.149. The van der Waals surface area contributed by atoms with Gasteiger partial charge in [0.2, 0.25) is 0 Å². The van der Waals surface area contributed by atoms with Crippen LogP contribution in [0.3, 0.4) is 0 Å². The van der Waals surface area contributed by atoms with Crippen LogP contribution in [0.25, 0.3) is 0 Å². The number of ether oxygens (including phenoxy) is 2. The molecule has 0 fully saturated rings. The zero-order valence-electron chi connectivity index (χ0n) is 12.9. The quantitative estimate of drug-likeness (QED) is 0.805. The molecule has 1 aromatic carbocycles. The van der Waals surface area contributed by atoms with Crippen LogP contribution in [-0.4, -0.2) is 30.8 Å². The summed E-state index contributed by atoms with van der Waals surface area (Å²) in [4.78, 5) is 11.5. The molecule has 1 aliphatic heterocycles.